The topological polar surface area (TPSA) is 44.1 Å². The van der Waals surface area contributed by atoms with Gasteiger partial charge in [-0.25, -0.2) is 0 Å². The van der Waals surface area contributed by atoms with E-state index < -0.39 is 17.3 Å². The first-order valence-corrected chi connectivity index (χ1v) is 6.20. The summed E-state index contributed by atoms with van der Waals surface area (Å²) in [4.78, 5) is 12.0. The van der Waals surface area contributed by atoms with Crippen LogP contribution in [0.2, 0.25) is 10.0 Å². The Bertz CT molecular complexity index is 744. The van der Waals surface area contributed by atoms with Gasteiger partial charge in [0.25, 0.3) is 5.56 Å². The quantitative estimate of drug-likeness (QED) is 0.840. The molecular weight excluding hydrogens is 332 g/mol. The molecule has 0 saturated heterocycles. The molecule has 112 valence electrons. The summed E-state index contributed by atoms with van der Waals surface area (Å²) >= 11 is 11.6. The van der Waals surface area contributed by atoms with Crippen LogP contribution in [0.25, 0.3) is 5.69 Å². The van der Waals surface area contributed by atoms with Gasteiger partial charge in [-0.2, -0.15) is 23.0 Å². The molecular formula is C12H7Cl2F3N2O2. The van der Waals surface area contributed by atoms with E-state index in [-0.39, 0.29) is 21.5 Å². The van der Waals surface area contributed by atoms with Crippen molar-refractivity contribution >= 4 is 23.2 Å². The number of nitrogens with zero attached hydrogens (tertiary/aromatic N) is 2. The van der Waals surface area contributed by atoms with Gasteiger partial charge in [0, 0.05) is 0 Å². The van der Waals surface area contributed by atoms with Gasteiger partial charge in [-0.05, 0) is 18.2 Å². The highest BCUT2D eigenvalue weighted by molar-refractivity contribution is 6.33. The number of rotatable bonds is 2. The van der Waals surface area contributed by atoms with E-state index in [0.29, 0.717) is 6.07 Å². The van der Waals surface area contributed by atoms with Crippen LogP contribution in [-0.2, 0) is 6.18 Å². The summed E-state index contributed by atoms with van der Waals surface area (Å²) in [6.07, 6.45) is -3.37. The average molecular weight is 339 g/mol. The van der Waals surface area contributed by atoms with Crippen molar-refractivity contribution in [3.8, 4) is 11.4 Å². The zero-order chi connectivity index (χ0) is 15.8. The van der Waals surface area contributed by atoms with Crippen molar-refractivity contribution in [3.63, 3.8) is 0 Å². The lowest BCUT2D eigenvalue weighted by atomic mass is 10.2. The van der Waals surface area contributed by atoms with Crippen LogP contribution in [0.1, 0.15) is 5.56 Å². The number of halogens is 5. The molecule has 0 aliphatic rings. The zero-order valence-electron chi connectivity index (χ0n) is 10.4. The molecule has 1 aromatic heterocycles. The molecule has 9 heteroatoms. The maximum Gasteiger partial charge on any atom is 0.416 e. The predicted octanol–water partition coefficient (Wildman–Crippen LogP) is 3.57. The van der Waals surface area contributed by atoms with Crippen LogP contribution in [0, 0.1) is 0 Å². The fourth-order valence-corrected chi connectivity index (χ4v) is 2.05. The second-order valence-electron chi connectivity index (χ2n) is 3.91. The molecule has 2 aromatic rings. The van der Waals surface area contributed by atoms with Gasteiger partial charge in [0.1, 0.15) is 0 Å². The van der Waals surface area contributed by atoms with Crippen molar-refractivity contribution in [3.05, 3.63) is 50.4 Å². The summed E-state index contributed by atoms with van der Waals surface area (Å²) in [7, 11) is 1.30. The van der Waals surface area contributed by atoms with Gasteiger partial charge < -0.3 is 4.74 Å². The third-order valence-corrected chi connectivity index (χ3v) is 3.26. The highest BCUT2D eigenvalue weighted by Crippen LogP contribution is 2.33. The smallest absolute Gasteiger partial charge is 0.416 e. The fourth-order valence-electron chi connectivity index (χ4n) is 1.59. The number of aromatic nitrogens is 2. The Kier molecular flexibility index (Phi) is 4.15. The largest absolute Gasteiger partial charge is 0.493 e. The van der Waals surface area contributed by atoms with Crippen LogP contribution in [0.4, 0.5) is 13.2 Å². The van der Waals surface area contributed by atoms with Crippen molar-refractivity contribution in [2.45, 2.75) is 6.18 Å². The fraction of sp³-hybridized carbons (Fsp3) is 0.167. The minimum Gasteiger partial charge on any atom is -0.493 e. The first-order chi connectivity index (χ1) is 9.75. The van der Waals surface area contributed by atoms with Crippen molar-refractivity contribution < 1.29 is 17.9 Å². The first-order valence-electron chi connectivity index (χ1n) is 5.44. The molecule has 2 rings (SSSR count). The molecule has 0 fully saturated rings. The van der Waals surface area contributed by atoms with E-state index in [9.17, 15) is 18.0 Å². The highest BCUT2D eigenvalue weighted by atomic mass is 35.5. The molecule has 0 unspecified atom stereocenters. The number of ether oxygens (including phenoxy) is 1. The van der Waals surface area contributed by atoms with E-state index in [2.05, 4.69) is 5.10 Å². The van der Waals surface area contributed by atoms with Crippen LogP contribution in [0.3, 0.4) is 0 Å². The SMILES string of the molecule is COc1cnn(-c2ccc(C(F)(F)F)cc2Cl)c(=O)c1Cl. The van der Waals surface area contributed by atoms with Crippen LogP contribution in [0.5, 0.6) is 5.75 Å². The predicted molar refractivity (Wildman–Crippen MR) is 71.4 cm³/mol. The van der Waals surface area contributed by atoms with Gasteiger partial charge in [-0.15, -0.1) is 0 Å². The molecule has 4 nitrogen and oxygen atoms in total. The molecule has 1 heterocycles. The first kappa shape index (κ1) is 15.7. The van der Waals surface area contributed by atoms with E-state index in [4.69, 9.17) is 27.9 Å². The number of alkyl halides is 3. The minimum absolute atomic E-state index is 0.0146. The third-order valence-electron chi connectivity index (χ3n) is 2.61. The van der Waals surface area contributed by atoms with Crippen LogP contribution < -0.4 is 10.3 Å². The lowest BCUT2D eigenvalue weighted by Crippen LogP contribution is -2.22. The molecule has 0 radical (unpaired) electrons. The average Bonchev–Trinajstić information content (AvgIpc) is 2.41. The highest BCUT2D eigenvalue weighted by Gasteiger charge is 2.31. The summed E-state index contributed by atoms with van der Waals surface area (Å²) in [6.45, 7) is 0. The summed E-state index contributed by atoms with van der Waals surface area (Å²) in [5, 5.41) is 3.24. The van der Waals surface area contributed by atoms with Crippen molar-refractivity contribution in [2.75, 3.05) is 7.11 Å². The molecule has 0 spiro atoms. The van der Waals surface area contributed by atoms with Crippen molar-refractivity contribution in [1.82, 2.24) is 9.78 Å². The standard InChI is InChI=1S/C12H7Cl2F3N2O2/c1-21-9-5-18-19(11(20)10(9)14)8-3-2-6(4-7(8)13)12(15,16)17/h2-5H,1H3. The lowest BCUT2D eigenvalue weighted by molar-refractivity contribution is -0.137. The van der Waals surface area contributed by atoms with Crippen molar-refractivity contribution in [1.29, 1.82) is 0 Å². The number of hydrogen-bond donors (Lipinski definition) is 0. The normalized spacial score (nSPS) is 11.5. The van der Waals surface area contributed by atoms with Crippen LogP contribution in [0.15, 0.2) is 29.2 Å². The Morgan fingerprint density at radius 1 is 1.29 bits per heavy atom. The molecule has 0 N–H and O–H groups in total. The second-order valence-corrected chi connectivity index (χ2v) is 4.69. The van der Waals surface area contributed by atoms with Crippen molar-refractivity contribution in [2.24, 2.45) is 0 Å². The van der Waals surface area contributed by atoms with Crippen LogP contribution >= 0.6 is 23.2 Å². The Hall–Kier alpha value is -1.73. The van der Waals surface area contributed by atoms with E-state index in [1.807, 2.05) is 0 Å². The zero-order valence-corrected chi connectivity index (χ0v) is 11.9. The molecule has 0 bridgehead atoms. The van der Waals surface area contributed by atoms with Gasteiger partial charge in [-0.3, -0.25) is 4.79 Å². The van der Waals surface area contributed by atoms with E-state index in [1.165, 1.54) is 7.11 Å². The second kappa shape index (κ2) is 5.57. The number of methoxy groups -OCH3 is 1. The Labute approximate surface area is 126 Å². The molecule has 0 saturated carbocycles. The maximum atomic E-state index is 12.6. The number of benzene rings is 1. The monoisotopic (exact) mass is 338 g/mol. The Balaban J connectivity index is 2.59. The van der Waals surface area contributed by atoms with E-state index in [0.717, 1.165) is 23.0 Å². The van der Waals surface area contributed by atoms with Gasteiger partial charge in [0.2, 0.25) is 0 Å². The Morgan fingerprint density at radius 3 is 2.48 bits per heavy atom. The molecule has 0 aliphatic heterocycles. The summed E-state index contributed by atoms with van der Waals surface area (Å²) in [6, 6.07) is 2.55. The summed E-state index contributed by atoms with van der Waals surface area (Å²) in [5.74, 6) is 0.0564. The van der Waals surface area contributed by atoms with Gasteiger partial charge >= 0.3 is 6.18 Å². The van der Waals surface area contributed by atoms with Crippen LogP contribution in [-0.4, -0.2) is 16.9 Å². The Morgan fingerprint density at radius 2 is 1.95 bits per heavy atom. The molecule has 1 aromatic carbocycles. The lowest BCUT2D eigenvalue weighted by Gasteiger charge is -2.11. The molecule has 0 atom stereocenters. The molecule has 0 aliphatic carbocycles. The molecule has 21 heavy (non-hydrogen) atoms. The minimum atomic E-state index is -4.53. The third kappa shape index (κ3) is 2.98. The van der Waals surface area contributed by atoms with Gasteiger partial charge in [-0.1, -0.05) is 23.2 Å². The van der Waals surface area contributed by atoms with Gasteiger partial charge in [0.05, 0.1) is 29.6 Å². The maximum absolute atomic E-state index is 12.6. The summed E-state index contributed by atoms with van der Waals surface area (Å²) in [5.41, 5.74) is -1.69. The molecule has 0 amide bonds. The van der Waals surface area contributed by atoms with Gasteiger partial charge in [0.15, 0.2) is 10.8 Å². The van der Waals surface area contributed by atoms with E-state index >= 15 is 0 Å². The van der Waals surface area contributed by atoms with E-state index in [1.54, 1.807) is 0 Å². The summed E-state index contributed by atoms with van der Waals surface area (Å²) < 4.78 is 43.3. The number of hydrogen-bond acceptors (Lipinski definition) is 3.